The van der Waals surface area contributed by atoms with E-state index in [2.05, 4.69) is 0 Å². The second kappa shape index (κ2) is 5.11. The zero-order valence-corrected chi connectivity index (χ0v) is 10.2. The predicted octanol–water partition coefficient (Wildman–Crippen LogP) is 2.76. The summed E-state index contributed by atoms with van der Waals surface area (Å²) in [7, 11) is 0. The van der Waals surface area contributed by atoms with Gasteiger partial charge in [0.05, 0.1) is 0 Å². The van der Waals surface area contributed by atoms with Gasteiger partial charge in [0.1, 0.15) is 11.2 Å². The molecule has 0 saturated carbocycles. The van der Waals surface area contributed by atoms with Gasteiger partial charge in [-0.25, -0.2) is 13.2 Å². The summed E-state index contributed by atoms with van der Waals surface area (Å²) in [6.45, 7) is 0.449. The number of carboxylic acid groups (broad SMARTS) is 1. The highest BCUT2D eigenvalue weighted by molar-refractivity contribution is 5.75. The lowest BCUT2D eigenvalue weighted by atomic mass is 9.78. The van der Waals surface area contributed by atoms with Gasteiger partial charge in [0.25, 0.3) is 6.43 Å². The van der Waals surface area contributed by atoms with Crippen LogP contribution in [-0.2, 0) is 4.79 Å². The van der Waals surface area contributed by atoms with Crippen molar-refractivity contribution < 1.29 is 23.1 Å². The summed E-state index contributed by atoms with van der Waals surface area (Å²) in [6, 6.07) is 5.71. The van der Waals surface area contributed by atoms with E-state index in [1.165, 1.54) is 12.1 Å². The number of hydrogen-bond donors (Lipinski definition) is 1. The molecule has 0 amide bonds. The highest BCUT2D eigenvalue weighted by Gasteiger charge is 2.49. The molecule has 0 aliphatic carbocycles. The van der Waals surface area contributed by atoms with Crippen molar-refractivity contribution in [1.29, 1.82) is 0 Å². The Kier molecular flexibility index (Phi) is 3.68. The van der Waals surface area contributed by atoms with Crippen molar-refractivity contribution in [1.82, 2.24) is 0 Å². The minimum absolute atomic E-state index is 0.114. The van der Waals surface area contributed by atoms with Crippen LogP contribution in [0.25, 0.3) is 0 Å². The van der Waals surface area contributed by atoms with Crippen molar-refractivity contribution in [3.63, 3.8) is 0 Å². The van der Waals surface area contributed by atoms with Gasteiger partial charge in [-0.1, -0.05) is 0 Å². The SMILES string of the molecule is O=C(O)C1(C(F)F)CCN(c2ccc(F)cc2)CC1. The van der Waals surface area contributed by atoms with Gasteiger partial charge in [0.2, 0.25) is 0 Å². The van der Waals surface area contributed by atoms with E-state index >= 15 is 0 Å². The minimum Gasteiger partial charge on any atom is -0.481 e. The monoisotopic (exact) mass is 273 g/mol. The molecular weight excluding hydrogens is 259 g/mol. The summed E-state index contributed by atoms with van der Waals surface area (Å²) in [4.78, 5) is 12.9. The maximum Gasteiger partial charge on any atom is 0.315 e. The number of hydrogen-bond acceptors (Lipinski definition) is 2. The molecule has 2 rings (SSSR count). The molecule has 6 heteroatoms. The number of carboxylic acids is 1. The smallest absolute Gasteiger partial charge is 0.315 e. The number of alkyl halides is 2. The molecule has 1 heterocycles. The second-order valence-corrected chi connectivity index (χ2v) is 4.73. The van der Waals surface area contributed by atoms with E-state index in [9.17, 15) is 18.0 Å². The quantitative estimate of drug-likeness (QED) is 0.920. The Morgan fingerprint density at radius 2 is 1.74 bits per heavy atom. The zero-order chi connectivity index (χ0) is 14.0. The molecule has 0 spiro atoms. The first kappa shape index (κ1) is 13.7. The topological polar surface area (TPSA) is 40.5 Å². The number of anilines is 1. The Morgan fingerprint density at radius 1 is 1.21 bits per heavy atom. The number of aliphatic carboxylic acids is 1. The fourth-order valence-electron chi connectivity index (χ4n) is 2.34. The van der Waals surface area contributed by atoms with E-state index in [1.54, 1.807) is 17.0 Å². The van der Waals surface area contributed by atoms with Crippen molar-refractivity contribution in [2.24, 2.45) is 5.41 Å². The third-order valence-corrected chi connectivity index (χ3v) is 3.69. The molecule has 3 nitrogen and oxygen atoms in total. The first-order valence-electron chi connectivity index (χ1n) is 5.98. The summed E-state index contributed by atoms with van der Waals surface area (Å²) in [5.41, 5.74) is -1.23. The largest absolute Gasteiger partial charge is 0.481 e. The fraction of sp³-hybridized carbons (Fsp3) is 0.462. The van der Waals surface area contributed by atoms with Crippen LogP contribution in [0.4, 0.5) is 18.9 Å². The molecular formula is C13H14F3NO2. The van der Waals surface area contributed by atoms with Crippen LogP contribution in [0.3, 0.4) is 0 Å². The lowest BCUT2D eigenvalue weighted by molar-refractivity contribution is -0.161. The minimum atomic E-state index is -2.87. The number of benzene rings is 1. The van der Waals surface area contributed by atoms with Crippen LogP contribution >= 0.6 is 0 Å². The molecule has 1 aromatic carbocycles. The van der Waals surface area contributed by atoms with Crippen LogP contribution < -0.4 is 4.90 Å². The van der Waals surface area contributed by atoms with E-state index in [4.69, 9.17) is 5.11 Å². The Labute approximate surface area is 108 Å². The second-order valence-electron chi connectivity index (χ2n) is 4.73. The summed E-state index contributed by atoms with van der Waals surface area (Å²) in [5, 5.41) is 9.00. The van der Waals surface area contributed by atoms with Crippen molar-refractivity contribution in [3.8, 4) is 0 Å². The van der Waals surface area contributed by atoms with Crippen LogP contribution in [0.1, 0.15) is 12.8 Å². The average Bonchev–Trinajstić information content (AvgIpc) is 2.39. The highest BCUT2D eigenvalue weighted by atomic mass is 19.3. The first-order chi connectivity index (χ1) is 8.95. The third-order valence-electron chi connectivity index (χ3n) is 3.69. The number of carbonyl (C=O) groups is 1. The van der Waals surface area contributed by atoms with Crippen molar-refractivity contribution in [3.05, 3.63) is 30.1 Å². The molecule has 19 heavy (non-hydrogen) atoms. The zero-order valence-electron chi connectivity index (χ0n) is 10.2. The average molecular weight is 273 g/mol. The summed E-state index contributed by atoms with van der Waals surface area (Å²) in [6.07, 6.45) is -3.10. The molecule has 0 bridgehead atoms. The van der Waals surface area contributed by atoms with E-state index in [1.807, 2.05) is 0 Å². The number of halogens is 3. The van der Waals surface area contributed by atoms with E-state index in [-0.39, 0.29) is 31.7 Å². The molecule has 0 atom stereocenters. The van der Waals surface area contributed by atoms with E-state index in [0.29, 0.717) is 0 Å². The molecule has 0 unspecified atom stereocenters. The van der Waals surface area contributed by atoms with Crippen LogP contribution in [0, 0.1) is 11.2 Å². The Hall–Kier alpha value is -1.72. The molecule has 1 fully saturated rings. The fourth-order valence-corrected chi connectivity index (χ4v) is 2.34. The summed E-state index contributed by atoms with van der Waals surface area (Å²) in [5.74, 6) is -1.81. The third kappa shape index (κ3) is 2.52. The summed E-state index contributed by atoms with van der Waals surface area (Å²) < 4.78 is 38.7. The van der Waals surface area contributed by atoms with Crippen LogP contribution in [0.2, 0.25) is 0 Å². The van der Waals surface area contributed by atoms with Gasteiger partial charge in [-0.15, -0.1) is 0 Å². The van der Waals surface area contributed by atoms with E-state index < -0.39 is 17.8 Å². The maximum atomic E-state index is 13.0. The Bertz CT molecular complexity index is 453. The number of nitrogens with zero attached hydrogens (tertiary/aromatic N) is 1. The maximum absolute atomic E-state index is 13.0. The van der Waals surface area contributed by atoms with Gasteiger partial charge in [-0.05, 0) is 37.1 Å². The molecule has 1 saturated heterocycles. The molecule has 1 aromatic rings. The van der Waals surface area contributed by atoms with Gasteiger partial charge in [0, 0.05) is 18.8 Å². The number of rotatable bonds is 3. The first-order valence-corrected chi connectivity index (χ1v) is 5.98. The highest BCUT2D eigenvalue weighted by Crippen LogP contribution is 2.39. The van der Waals surface area contributed by atoms with Crippen molar-refractivity contribution in [2.45, 2.75) is 19.3 Å². The Balaban J connectivity index is 2.10. The van der Waals surface area contributed by atoms with Crippen LogP contribution in [0.15, 0.2) is 24.3 Å². The van der Waals surface area contributed by atoms with Crippen LogP contribution in [0.5, 0.6) is 0 Å². The molecule has 0 aromatic heterocycles. The molecule has 0 radical (unpaired) electrons. The van der Waals surface area contributed by atoms with Crippen LogP contribution in [-0.4, -0.2) is 30.6 Å². The normalized spacial score (nSPS) is 18.6. The molecule has 1 N–H and O–H groups in total. The van der Waals surface area contributed by atoms with Gasteiger partial charge >= 0.3 is 5.97 Å². The standard InChI is InChI=1S/C13H14F3NO2/c14-9-1-3-10(4-2-9)17-7-5-13(6-8-17,11(15)16)12(18)19/h1-4,11H,5-8H2,(H,18,19). The lowest BCUT2D eigenvalue weighted by Crippen LogP contribution is -2.48. The molecule has 1 aliphatic rings. The van der Waals surface area contributed by atoms with Crippen molar-refractivity contribution >= 4 is 11.7 Å². The van der Waals surface area contributed by atoms with Crippen molar-refractivity contribution in [2.75, 3.05) is 18.0 Å². The van der Waals surface area contributed by atoms with Gasteiger partial charge in [-0.2, -0.15) is 0 Å². The predicted molar refractivity (Wildman–Crippen MR) is 63.9 cm³/mol. The number of piperidine rings is 1. The van der Waals surface area contributed by atoms with Gasteiger partial charge < -0.3 is 10.0 Å². The van der Waals surface area contributed by atoms with Gasteiger partial charge in [-0.3, -0.25) is 4.79 Å². The summed E-state index contributed by atoms with van der Waals surface area (Å²) >= 11 is 0. The van der Waals surface area contributed by atoms with Gasteiger partial charge in [0.15, 0.2) is 0 Å². The molecule has 104 valence electrons. The lowest BCUT2D eigenvalue weighted by Gasteiger charge is -2.39. The Morgan fingerprint density at radius 3 is 2.16 bits per heavy atom. The molecule has 1 aliphatic heterocycles. The van der Waals surface area contributed by atoms with E-state index in [0.717, 1.165) is 5.69 Å².